The van der Waals surface area contributed by atoms with Gasteiger partial charge >= 0.3 is 12.3 Å². The lowest BCUT2D eigenvalue weighted by Gasteiger charge is -2.38. The zero-order valence-corrected chi connectivity index (χ0v) is 16.6. The molecule has 3 saturated carbocycles. The van der Waals surface area contributed by atoms with Gasteiger partial charge in [-0.25, -0.2) is 4.39 Å². The Kier molecular flexibility index (Phi) is 7.26. The number of carbonyl (C=O) groups is 1. The van der Waals surface area contributed by atoms with Gasteiger partial charge in [-0.2, -0.15) is 0 Å². The number of carbonyl (C=O) groups excluding carboxylic acids is 1. The molecular weight excluding hydrogens is 376 g/mol. The van der Waals surface area contributed by atoms with E-state index < -0.39 is 36.6 Å². The van der Waals surface area contributed by atoms with Crippen molar-refractivity contribution >= 4 is 5.97 Å². The van der Waals surface area contributed by atoms with E-state index in [9.17, 15) is 22.4 Å². The van der Waals surface area contributed by atoms with Crippen LogP contribution in [0, 0.1) is 23.7 Å². The van der Waals surface area contributed by atoms with Crippen molar-refractivity contribution in [1.82, 2.24) is 0 Å². The van der Waals surface area contributed by atoms with Gasteiger partial charge in [-0.05, 0) is 75.5 Å². The highest BCUT2D eigenvalue weighted by Crippen LogP contribution is 2.42. The molecule has 7 heteroatoms. The van der Waals surface area contributed by atoms with E-state index >= 15 is 0 Å². The zero-order valence-electron chi connectivity index (χ0n) is 16.6. The normalized spacial score (nSPS) is 40.1. The van der Waals surface area contributed by atoms with Gasteiger partial charge in [0.25, 0.3) is 0 Å². The summed E-state index contributed by atoms with van der Waals surface area (Å²) in [7, 11) is 0. The lowest BCUT2D eigenvalue weighted by Crippen LogP contribution is -2.38. The summed E-state index contributed by atoms with van der Waals surface area (Å²) in [4.78, 5) is 12.4. The molecule has 3 nitrogen and oxygen atoms in total. The van der Waals surface area contributed by atoms with Crippen LogP contribution in [-0.2, 0) is 14.3 Å². The third kappa shape index (κ3) is 6.07. The van der Waals surface area contributed by atoms with E-state index in [1.165, 1.54) is 12.8 Å². The molecule has 0 saturated heterocycles. The van der Waals surface area contributed by atoms with Crippen LogP contribution in [0.1, 0.15) is 77.6 Å². The lowest BCUT2D eigenvalue weighted by atomic mass is 9.69. The second kappa shape index (κ2) is 9.31. The number of hydrogen-bond acceptors (Lipinski definition) is 3. The fourth-order valence-electron chi connectivity index (χ4n) is 5.31. The summed E-state index contributed by atoms with van der Waals surface area (Å²) in [6.07, 6.45) is 0.524. The minimum absolute atomic E-state index is 0.198. The smallest absolute Gasteiger partial charge is 0.462 e. The summed E-state index contributed by atoms with van der Waals surface area (Å²) in [5.74, 6) is 0.475. The lowest BCUT2D eigenvalue weighted by molar-refractivity contribution is -0.346. The minimum atomic E-state index is -4.63. The number of ether oxygens (including phenoxy) is 2. The highest BCUT2D eigenvalue weighted by atomic mass is 19.4. The van der Waals surface area contributed by atoms with E-state index in [0.717, 1.165) is 25.2 Å². The summed E-state index contributed by atoms with van der Waals surface area (Å²) in [5.41, 5.74) is 0. The number of esters is 1. The van der Waals surface area contributed by atoms with Gasteiger partial charge in [0.15, 0.2) is 0 Å². The number of hydrogen-bond donors (Lipinski definition) is 0. The van der Waals surface area contributed by atoms with Crippen LogP contribution in [-0.4, -0.2) is 30.7 Å². The van der Waals surface area contributed by atoms with Crippen molar-refractivity contribution in [2.75, 3.05) is 0 Å². The van der Waals surface area contributed by atoms with E-state index in [1.54, 1.807) is 0 Å². The SMILES string of the molecule is CC1CCC(C2CCC(C(=O)OC3CCC(OC(F)(F)F)CC3)C(F)C2)CC1. The van der Waals surface area contributed by atoms with Crippen LogP contribution >= 0.6 is 0 Å². The summed E-state index contributed by atoms with van der Waals surface area (Å²) < 4.78 is 61.0. The summed E-state index contributed by atoms with van der Waals surface area (Å²) >= 11 is 0. The van der Waals surface area contributed by atoms with E-state index in [2.05, 4.69) is 11.7 Å². The van der Waals surface area contributed by atoms with Crippen LogP contribution in [0.25, 0.3) is 0 Å². The van der Waals surface area contributed by atoms with Crippen molar-refractivity contribution in [3.8, 4) is 0 Å². The first-order chi connectivity index (χ1) is 13.2. The fourth-order valence-corrected chi connectivity index (χ4v) is 5.31. The van der Waals surface area contributed by atoms with Gasteiger partial charge in [0.1, 0.15) is 12.3 Å². The predicted octanol–water partition coefficient (Wildman–Crippen LogP) is 5.96. The molecular formula is C21H32F4O3. The Labute approximate surface area is 164 Å². The summed E-state index contributed by atoms with van der Waals surface area (Å²) in [5, 5.41) is 0. The Hall–Kier alpha value is -0.850. The highest BCUT2D eigenvalue weighted by molar-refractivity contribution is 5.73. The first-order valence-corrected chi connectivity index (χ1v) is 10.8. The second-order valence-electron chi connectivity index (χ2n) is 9.11. The monoisotopic (exact) mass is 408 g/mol. The van der Waals surface area contributed by atoms with Crippen molar-refractivity contribution in [2.24, 2.45) is 23.7 Å². The van der Waals surface area contributed by atoms with Crippen LogP contribution in [0.15, 0.2) is 0 Å². The van der Waals surface area contributed by atoms with Crippen molar-refractivity contribution in [2.45, 2.75) is 102 Å². The Morgan fingerprint density at radius 3 is 1.96 bits per heavy atom. The third-order valence-corrected chi connectivity index (χ3v) is 7.05. The van der Waals surface area contributed by atoms with Crippen LogP contribution in [0.2, 0.25) is 0 Å². The molecule has 0 aliphatic heterocycles. The highest BCUT2D eigenvalue weighted by Gasteiger charge is 2.41. The van der Waals surface area contributed by atoms with Gasteiger partial charge in [0, 0.05) is 0 Å². The van der Waals surface area contributed by atoms with Crippen LogP contribution in [0.3, 0.4) is 0 Å². The Bertz CT molecular complexity index is 508. The molecule has 3 aliphatic carbocycles. The summed E-state index contributed by atoms with van der Waals surface area (Å²) in [6.45, 7) is 2.27. The van der Waals surface area contributed by atoms with Crippen molar-refractivity contribution in [1.29, 1.82) is 0 Å². The van der Waals surface area contributed by atoms with Gasteiger partial charge < -0.3 is 4.74 Å². The topological polar surface area (TPSA) is 35.5 Å². The molecule has 162 valence electrons. The fraction of sp³-hybridized carbons (Fsp3) is 0.952. The Morgan fingerprint density at radius 2 is 1.39 bits per heavy atom. The molecule has 3 aliphatic rings. The maximum Gasteiger partial charge on any atom is 0.522 e. The molecule has 0 heterocycles. The van der Waals surface area contributed by atoms with Crippen molar-refractivity contribution in [3.05, 3.63) is 0 Å². The first kappa shape index (κ1) is 21.8. The van der Waals surface area contributed by atoms with Gasteiger partial charge in [-0.3, -0.25) is 9.53 Å². The van der Waals surface area contributed by atoms with Crippen LogP contribution in [0.5, 0.6) is 0 Å². The first-order valence-electron chi connectivity index (χ1n) is 10.8. The number of halogens is 4. The van der Waals surface area contributed by atoms with Gasteiger partial charge in [-0.15, -0.1) is 13.2 Å². The molecule has 0 radical (unpaired) electrons. The average molecular weight is 408 g/mol. The molecule has 0 amide bonds. The quantitative estimate of drug-likeness (QED) is 0.425. The van der Waals surface area contributed by atoms with Crippen LogP contribution < -0.4 is 0 Å². The number of rotatable bonds is 4. The minimum Gasteiger partial charge on any atom is -0.462 e. The number of alkyl halides is 4. The Balaban J connectivity index is 1.41. The average Bonchev–Trinajstić information content (AvgIpc) is 2.62. The molecule has 0 aromatic heterocycles. The Morgan fingerprint density at radius 1 is 0.821 bits per heavy atom. The predicted molar refractivity (Wildman–Crippen MR) is 96.1 cm³/mol. The molecule has 0 spiro atoms. The largest absolute Gasteiger partial charge is 0.522 e. The molecule has 0 bridgehead atoms. The van der Waals surface area contributed by atoms with Crippen molar-refractivity contribution in [3.63, 3.8) is 0 Å². The molecule has 3 unspecified atom stereocenters. The van der Waals surface area contributed by atoms with E-state index in [-0.39, 0.29) is 12.8 Å². The molecule has 28 heavy (non-hydrogen) atoms. The van der Waals surface area contributed by atoms with Crippen LogP contribution in [0.4, 0.5) is 17.6 Å². The van der Waals surface area contributed by atoms with E-state index in [0.29, 0.717) is 37.5 Å². The third-order valence-electron chi connectivity index (χ3n) is 7.05. The second-order valence-corrected chi connectivity index (χ2v) is 9.11. The van der Waals surface area contributed by atoms with Gasteiger partial charge in [-0.1, -0.05) is 19.8 Å². The molecule has 3 rings (SSSR count). The van der Waals surface area contributed by atoms with Crippen molar-refractivity contribution < 1.29 is 31.8 Å². The summed E-state index contributed by atoms with van der Waals surface area (Å²) in [6, 6.07) is 0. The van der Waals surface area contributed by atoms with Gasteiger partial charge in [0.05, 0.1) is 12.0 Å². The molecule has 0 aromatic rings. The van der Waals surface area contributed by atoms with Gasteiger partial charge in [0.2, 0.25) is 0 Å². The van der Waals surface area contributed by atoms with E-state index in [1.807, 2.05) is 0 Å². The standard InChI is InChI=1S/C21H32F4O3/c1-13-2-4-14(5-3-13)15-6-11-18(19(22)12-15)20(26)27-16-7-9-17(10-8-16)28-21(23,24)25/h13-19H,2-12H2,1H3. The molecule has 3 atom stereocenters. The maximum absolute atomic E-state index is 14.7. The molecule has 0 N–H and O–H groups in total. The maximum atomic E-state index is 14.7. The molecule has 3 fully saturated rings. The molecule has 0 aromatic carbocycles. The van der Waals surface area contributed by atoms with E-state index in [4.69, 9.17) is 4.74 Å². The zero-order chi connectivity index (χ0) is 20.3.